The zero-order valence-electron chi connectivity index (χ0n) is 15.9. The molecule has 1 heterocycles. The highest BCUT2D eigenvalue weighted by Crippen LogP contribution is 2.32. The summed E-state index contributed by atoms with van der Waals surface area (Å²) < 4.78 is 0. The van der Waals surface area contributed by atoms with E-state index in [0.29, 0.717) is 28.5 Å². The maximum Gasteiger partial charge on any atom is 0.323 e. The second kappa shape index (κ2) is 7.97. The average Bonchev–Trinajstić information content (AvgIpc) is 3.13. The normalized spacial score (nSPS) is 12.4. The number of amides is 3. The maximum atomic E-state index is 12.9. The first-order chi connectivity index (χ1) is 14.0. The molecule has 0 spiro atoms. The number of benzene rings is 3. The summed E-state index contributed by atoms with van der Waals surface area (Å²) in [4.78, 5) is 27.0. The largest absolute Gasteiger partial charge is 0.323 e. The van der Waals surface area contributed by atoms with Crippen LogP contribution in [0, 0.1) is 6.92 Å². The summed E-state index contributed by atoms with van der Waals surface area (Å²) in [5, 5.41) is 6.19. The second-order valence-corrected chi connectivity index (χ2v) is 7.44. The summed E-state index contributed by atoms with van der Waals surface area (Å²) in [5.41, 5.74) is 4.96. The third-order valence-electron chi connectivity index (χ3n) is 4.88. The average molecular weight is 406 g/mol. The van der Waals surface area contributed by atoms with Crippen LogP contribution in [0.3, 0.4) is 0 Å². The number of hydrogen-bond acceptors (Lipinski definition) is 2. The fourth-order valence-electron chi connectivity index (χ4n) is 3.35. The number of hydrogen-bond donors (Lipinski definition) is 2. The molecule has 1 aliphatic rings. The van der Waals surface area contributed by atoms with E-state index in [-0.39, 0.29) is 11.9 Å². The molecule has 1 aliphatic heterocycles. The molecule has 0 bridgehead atoms. The van der Waals surface area contributed by atoms with Gasteiger partial charge in [0.15, 0.2) is 0 Å². The monoisotopic (exact) mass is 405 g/mol. The lowest BCUT2D eigenvalue weighted by Crippen LogP contribution is -2.29. The molecule has 0 radical (unpaired) electrons. The van der Waals surface area contributed by atoms with Crippen LogP contribution in [0.2, 0.25) is 5.02 Å². The van der Waals surface area contributed by atoms with Crippen LogP contribution in [0.25, 0.3) is 0 Å². The lowest BCUT2D eigenvalue weighted by atomic mass is 10.1. The van der Waals surface area contributed by atoms with Gasteiger partial charge < -0.3 is 15.5 Å². The van der Waals surface area contributed by atoms with Crippen molar-refractivity contribution in [3.05, 3.63) is 88.4 Å². The quantitative estimate of drug-likeness (QED) is 0.604. The van der Waals surface area contributed by atoms with E-state index >= 15 is 0 Å². The molecule has 0 saturated heterocycles. The molecule has 0 saturated carbocycles. The highest BCUT2D eigenvalue weighted by Gasteiger charge is 2.26. The molecule has 6 heteroatoms. The van der Waals surface area contributed by atoms with Crippen molar-refractivity contribution in [3.63, 3.8) is 0 Å². The summed E-state index contributed by atoms with van der Waals surface area (Å²) in [6.45, 7) is 2.62. The number of urea groups is 1. The predicted molar refractivity (Wildman–Crippen MR) is 117 cm³/mol. The minimum Gasteiger partial charge on any atom is -0.308 e. The molecular weight excluding hydrogens is 386 g/mol. The lowest BCUT2D eigenvalue weighted by Gasteiger charge is -2.18. The first kappa shape index (κ1) is 19.0. The van der Waals surface area contributed by atoms with Crippen molar-refractivity contribution in [1.29, 1.82) is 0 Å². The number of nitrogens with zero attached hydrogens (tertiary/aromatic N) is 1. The molecule has 0 atom stereocenters. The Morgan fingerprint density at radius 2 is 1.55 bits per heavy atom. The molecule has 0 aromatic heterocycles. The Morgan fingerprint density at radius 1 is 0.897 bits per heavy atom. The number of carbonyl (C=O) groups excluding carboxylic acids is 2. The van der Waals surface area contributed by atoms with Crippen LogP contribution in [0.1, 0.15) is 21.5 Å². The standard InChI is InChI=1S/C23H20ClN3O2/c1-15-2-4-17(5-3-15)22(28)27-13-12-16-6-9-20(14-21(16)27)26-23(29)25-19-10-7-18(24)8-11-19/h2-11,14H,12-13H2,1H3,(H2,25,26,29). The number of rotatable bonds is 3. The number of anilines is 3. The molecule has 29 heavy (non-hydrogen) atoms. The van der Waals surface area contributed by atoms with Gasteiger partial charge in [-0.25, -0.2) is 4.79 Å². The van der Waals surface area contributed by atoms with Gasteiger partial charge in [0.05, 0.1) is 0 Å². The van der Waals surface area contributed by atoms with Crippen LogP contribution in [0.15, 0.2) is 66.7 Å². The third-order valence-corrected chi connectivity index (χ3v) is 5.14. The van der Waals surface area contributed by atoms with Crippen LogP contribution in [-0.4, -0.2) is 18.5 Å². The van der Waals surface area contributed by atoms with Crippen LogP contribution < -0.4 is 15.5 Å². The minimum atomic E-state index is -0.360. The van der Waals surface area contributed by atoms with Gasteiger partial charge in [0.2, 0.25) is 0 Å². The third kappa shape index (κ3) is 4.25. The molecule has 2 N–H and O–H groups in total. The van der Waals surface area contributed by atoms with Gasteiger partial charge in [-0.15, -0.1) is 0 Å². The van der Waals surface area contributed by atoms with Gasteiger partial charge in [0.25, 0.3) is 5.91 Å². The van der Waals surface area contributed by atoms with Gasteiger partial charge in [-0.2, -0.15) is 0 Å². The number of halogens is 1. The Kier molecular flexibility index (Phi) is 5.23. The van der Waals surface area contributed by atoms with Crippen LogP contribution in [-0.2, 0) is 6.42 Å². The van der Waals surface area contributed by atoms with Gasteiger partial charge in [0.1, 0.15) is 0 Å². The number of fused-ring (bicyclic) bond motifs is 1. The van der Waals surface area contributed by atoms with Gasteiger partial charge in [-0.3, -0.25) is 4.79 Å². The van der Waals surface area contributed by atoms with Crippen molar-refractivity contribution in [2.75, 3.05) is 22.1 Å². The molecule has 3 aromatic rings. The zero-order chi connectivity index (χ0) is 20.4. The summed E-state index contributed by atoms with van der Waals surface area (Å²) in [6, 6.07) is 19.7. The Hall–Kier alpha value is -3.31. The van der Waals surface area contributed by atoms with Crippen LogP contribution in [0.4, 0.5) is 21.9 Å². The van der Waals surface area contributed by atoms with E-state index in [4.69, 9.17) is 11.6 Å². The molecule has 3 amide bonds. The Morgan fingerprint density at radius 3 is 2.28 bits per heavy atom. The van der Waals surface area contributed by atoms with E-state index < -0.39 is 0 Å². The first-order valence-electron chi connectivity index (χ1n) is 9.34. The first-order valence-corrected chi connectivity index (χ1v) is 9.72. The summed E-state index contributed by atoms with van der Waals surface area (Å²) >= 11 is 5.86. The van der Waals surface area contributed by atoms with Crippen LogP contribution in [0.5, 0.6) is 0 Å². The SMILES string of the molecule is Cc1ccc(C(=O)N2CCc3ccc(NC(=O)Nc4ccc(Cl)cc4)cc32)cc1. The maximum absolute atomic E-state index is 12.9. The van der Waals surface area contributed by atoms with Crippen molar-refractivity contribution in [2.24, 2.45) is 0 Å². The highest BCUT2D eigenvalue weighted by atomic mass is 35.5. The van der Waals surface area contributed by atoms with Gasteiger partial charge >= 0.3 is 6.03 Å². The molecule has 0 aliphatic carbocycles. The smallest absolute Gasteiger partial charge is 0.308 e. The number of aryl methyl sites for hydroxylation is 1. The fourth-order valence-corrected chi connectivity index (χ4v) is 3.47. The summed E-state index contributed by atoms with van der Waals surface area (Å²) in [5.74, 6) is -0.0356. The topological polar surface area (TPSA) is 61.4 Å². The molecule has 0 unspecified atom stereocenters. The Balaban J connectivity index is 1.49. The molecule has 4 rings (SSSR count). The van der Waals surface area contributed by atoms with E-state index in [1.165, 1.54) is 0 Å². The number of carbonyl (C=O) groups is 2. The second-order valence-electron chi connectivity index (χ2n) is 7.00. The lowest BCUT2D eigenvalue weighted by molar-refractivity contribution is 0.0989. The summed E-state index contributed by atoms with van der Waals surface area (Å²) in [7, 11) is 0. The van der Waals surface area contributed by atoms with E-state index in [1.807, 2.05) is 49.4 Å². The van der Waals surface area contributed by atoms with Crippen molar-refractivity contribution in [1.82, 2.24) is 0 Å². The minimum absolute atomic E-state index is 0.0356. The zero-order valence-corrected chi connectivity index (χ0v) is 16.7. The van der Waals surface area contributed by atoms with E-state index in [9.17, 15) is 9.59 Å². The molecule has 5 nitrogen and oxygen atoms in total. The Labute approximate surface area is 174 Å². The van der Waals surface area contributed by atoms with Crippen molar-refractivity contribution >= 4 is 40.6 Å². The molecule has 0 fully saturated rings. The van der Waals surface area contributed by atoms with Crippen molar-refractivity contribution < 1.29 is 9.59 Å². The van der Waals surface area contributed by atoms with Gasteiger partial charge in [-0.1, -0.05) is 35.4 Å². The van der Waals surface area contributed by atoms with Crippen LogP contribution >= 0.6 is 11.6 Å². The molecule has 3 aromatic carbocycles. The van der Waals surface area contributed by atoms with Crippen molar-refractivity contribution in [3.8, 4) is 0 Å². The fraction of sp³-hybridized carbons (Fsp3) is 0.130. The summed E-state index contributed by atoms with van der Waals surface area (Å²) in [6.07, 6.45) is 0.796. The van der Waals surface area contributed by atoms with Gasteiger partial charge in [0, 0.05) is 34.2 Å². The predicted octanol–water partition coefficient (Wildman–Crippen LogP) is 5.50. The van der Waals surface area contributed by atoms with Gasteiger partial charge in [-0.05, 0) is 67.4 Å². The molecule has 146 valence electrons. The highest BCUT2D eigenvalue weighted by molar-refractivity contribution is 6.30. The number of nitrogens with one attached hydrogen (secondary N) is 2. The van der Waals surface area contributed by atoms with E-state index in [1.54, 1.807) is 29.2 Å². The Bertz CT molecular complexity index is 1060. The molecular formula is C23H20ClN3O2. The van der Waals surface area contributed by atoms with Crippen molar-refractivity contribution in [2.45, 2.75) is 13.3 Å². The van der Waals surface area contributed by atoms with E-state index in [0.717, 1.165) is 23.2 Å². The van der Waals surface area contributed by atoms with E-state index in [2.05, 4.69) is 10.6 Å².